The third-order valence-electron chi connectivity index (χ3n) is 3.69. The molecule has 1 heterocycles. The molecule has 19 heavy (non-hydrogen) atoms. The van der Waals surface area contributed by atoms with E-state index in [1.54, 1.807) is 17.8 Å². The third kappa shape index (κ3) is 1.78. The summed E-state index contributed by atoms with van der Waals surface area (Å²) in [6, 6.07) is 0. The minimum Gasteiger partial charge on any atom is -0.391 e. The van der Waals surface area contributed by atoms with Crippen molar-refractivity contribution < 1.29 is 9.50 Å². The molecule has 4 heteroatoms. The first-order valence-electron chi connectivity index (χ1n) is 6.46. The number of nitrogens with zero attached hydrogens (tertiary/aromatic N) is 2. The zero-order chi connectivity index (χ0) is 13.8. The lowest BCUT2D eigenvalue weighted by Crippen LogP contribution is -2.32. The lowest BCUT2D eigenvalue weighted by atomic mass is 9.77. The molecule has 2 aliphatic rings. The summed E-state index contributed by atoms with van der Waals surface area (Å²) >= 11 is 0. The Bertz CT molecular complexity index is 720. The average Bonchev–Trinajstić information content (AvgIpc) is 2.84. The SMILES string of the molecule is C[C@H](O)Cn1ncc2c1=CC1=C(F)C=CC(C)(C)C=21. The fraction of sp³-hybridized carbons (Fsp3) is 0.400. The Morgan fingerprint density at radius 1 is 1.47 bits per heavy atom. The Labute approximate surface area is 111 Å². The lowest BCUT2D eigenvalue weighted by molar-refractivity contribution is 0.167. The molecule has 0 saturated heterocycles. The van der Waals surface area contributed by atoms with E-state index in [1.807, 2.05) is 12.2 Å². The van der Waals surface area contributed by atoms with Gasteiger partial charge in [-0.1, -0.05) is 19.9 Å². The fourth-order valence-corrected chi connectivity index (χ4v) is 2.83. The number of hydrogen-bond donors (Lipinski definition) is 1. The zero-order valence-electron chi connectivity index (χ0n) is 11.3. The molecule has 1 N–H and O–H groups in total. The maximum Gasteiger partial charge on any atom is 0.130 e. The van der Waals surface area contributed by atoms with E-state index in [2.05, 4.69) is 18.9 Å². The first-order chi connectivity index (χ1) is 8.90. The van der Waals surface area contributed by atoms with Crippen molar-refractivity contribution in [2.75, 3.05) is 0 Å². The van der Waals surface area contributed by atoms with Gasteiger partial charge >= 0.3 is 0 Å². The molecule has 1 aromatic rings. The van der Waals surface area contributed by atoms with Crippen molar-refractivity contribution >= 4 is 11.6 Å². The number of aliphatic hydroxyl groups excluding tert-OH is 1. The first kappa shape index (κ1) is 12.4. The third-order valence-corrected chi connectivity index (χ3v) is 3.69. The quantitative estimate of drug-likeness (QED) is 0.862. The Kier molecular flexibility index (Phi) is 2.54. The van der Waals surface area contributed by atoms with Gasteiger partial charge in [-0.15, -0.1) is 0 Å². The molecule has 0 aliphatic heterocycles. The van der Waals surface area contributed by atoms with Gasteiger partial charge in [-0.05, 0) is 24.6 Å². The standard InChI is InChI=1S/C15H17FN2O/c1-9(19)8-18-13-6-10-12(16)4-5-15(2,3)14(10)11(13)7-17-18/h4-7,9,19H,8H2,1-3H3/t9-/m0/s1. The first-order valence-corrected chi connectivity index (χ1v) is 6.46. The Morgan fingerprint density at radius 2 is 2.21 bits per heavy atom. The van der Waals surface area contributed by atoms with Crippen LogP contribution in [0.15, 0.2) is 29.7 Å². The number of allylic oxidation sites excluding steroid dienone is 4. The summed E-state index contributed by atoms with van der Waals surface area (Å²) in [5.74, 6) is -0.200. The molecule has 1 aromatic heterocycles. The maximum atomic E-state index is 14.0. The summed E-state index contributed by atoms with van der Waals surface area (Å²) in [4.78, 5) is 0. The van der Waals surface area contributed by atoms with Crippen LogP contribution in [0.2, 0.25) is 0 Å². The van der Waals surface area contributed by atoms with Crippen LogP contribution in [0.4, 0.5) is 4.39 Å². The number of halogens is 1. The molecule has 0 spiro atoms. The number of fused-ring (bicyclic) bond motifs is 2. The second kappa shape index (κ2) is 3.90. The van der Waals surface area contributed by atoms with Crippen molar-refractivity contribution in [3.05, 3.63) is 40.3 Å². The van der Waals surface area contributed by atoms with Crippen LogP contribution >= 0.6 is 0 Å². The summed E-state index contributed by atoms with van der Waals surface area (Å²) in [5, 5.41) is 15.6. The second-order valence-corrected chi connectivity index (χ2v) is 5.81. The highest BCUT2D eigenvalue weighted by Crippen LogP contribution is 2.41. The van der Waals surface area contributed by atoms with Gasteiger partial charge in [0.05, 0.1) is 24.2 Å². The molecule has 0 fully saturated rings. The molecule has 0 unspecified atom stereocenters. The van der Waals surface area contributed by atoms with Gasteiger partial charge in [-0.3, -0.25) is 4.68 Å². The molecule has 0 amide bonds. The normalized spacial score (nSPS) is 21.2. The Hall–Kier alpha value is -1.68. The van der Waals surface area contributed by atoms with E-state index in [1.165, 1.54) is 6.08 Å². The molecule has 1 atom stereocenters. The highest BCUT2D eigenvalue weighted by Gasteiger charge is 2.32. The molecule has 3 rings (SSSR count). The summed E-state index contributed by atoms with van der Waals surface area (Å²) in [5.41, 5.74) is 1.43. The van der Waals surface area contributed by atoms with Gasteiger partial charge < -0.3 is 5.11 Å². The minimum absolute atomic E-state index is 0.200. The van der Waals surface area contributed by atoms with Gasteiger partial charge in [-0.25, -0.2) is 4.39 Å². The Morgan fingerprint density at radius 3 is 2.89 bits per heavy atom. The largest absolute Gasteiger partial charge is 0.391 e. The van der Waals surface area contributed by atoms with Crippen LogP contribution in [0, 0.1) is 5.41 Å². The van der Waals surface area contributed by atoms with Gasteiger partial charge in [0.15, 0.2) is 0 Å². The van der Waals surface area contributed by atoms with E-state index in [9.17, 15) is 9.50 Å². The van der Waals surface area contributed by atoms with Crippen molar-refractivity contribution in [3.8, 4) is 0 Å². The van der Waals surface area contributed by atoms with E-state index < -0.39 is 6.10 Å². The van der Waals surface area contributed by atoms with Gasteiger partial charge in [-0.2, -0.15) is 5.10 Å². The van der Waals surface area contributed by atoms with E-state index in [0.717, 1.165) is 16.1 Å². The summed E-state index contributed by atoms with van der Waals surface area (Å²) in [6.45, 7) is 6.27. The number of aliphatic hydroxyl groups is 1. The van der Waals surface area contributed by atoms with Gasteiger partial charge in [0.2, 0.25) is 0 Å². The fourth-order valence-electron chi connectivity index (χ4n) is 2.83. The topological polar surface area (TPSA) is 38.0 Å². The average molecular weight is 260 g/mol. The molecule has 0 radical (unpaired) electrons. The predicted molar refractivity (Wildman–Crippen MR) is 72.1 cm³/mol. The molecule has 3 nitrogen and oxygen atoms in total. The van der Waals surface area contributed by atoms with Crippen LogP contribution < -0.4 is 10.6 Å². The molecule has 0 bridgehead atoms. The molecular weight excluding hydrogens is 243 g/mol. The monoisotopic (exact) mass is 260 g/mol. The minimum atomic E-state index is -0.477. The van der Waals surface area contributed by atoms with Crippen molar-refractivity contribution in [2.24, 2.45) is 5.41 Å². The number of hydrogen-bond acceptors (Lipinski definition) is 2. The van der Waals surface area contributed by atoms with E-state index in [0.29, 0.717) is 12.1 Å². The van der Waals surface area contributed by atoms with Crippen LogP contribution in [0.1, 0.15) is 20.8 Å². The molecule has 100 valence electrons. The maximum absolute atomic E-state index is 14.0. The van der Waals surface area contributed by atoms with E-state index in [-0.39, 0.29) is 11.2 Å². The van der Waals surface area contributed by atoms with Crippen LogP contribution in [-0.4, -0.2) is 21.0 Å². The molecule has 2 aliphatic carbocycles. The van der Waals surface area contributed by atoms with Crippen molar-refractivity contribution in [1.82, 2.24) is 9.78 Å². The van der Waals surface area contributed by atoms with Gasteiger partial charge in [0.25, 0.3) is 0 Å². The summed E-state index contributed by atoms with van der Waals surface area (Å²) < 4.78 is 15.7. The van der Waals surface area contributed by atoms with Crippen LogP contribution in [0.25, 0.3) is 11.6 Å². The number of rotatable bonds is 2. The molecular formula is C15H17FN2O. The summed E-state index contributed by atoms with van der Waals surface area (Å²) in [6.07, 6.45) is 6.55. The summed E-state index contributed by atoms with van der Waals surface area (Å²) in [7, 11) is 0. The van der Waals surface area contributed by atoms with E-state index >= 15 is 0 Å². The smallest absolute Gasteiger partial charge is 0.130 e. The van der Waals surface area contributed by atoms with Gasteiger partial charge in [0, 0.05) is 16.2 Å². The predicted octanol–water partition coefficient (Wildman–Crippen LogP) is 1.03. The highest BCUT2D eigenvalue weighted by molar-refractivity contribution is 5.87. The second-order valence-electron chi connectivity index (χ2n) is 5.81. The Balaban J connectivity index is 2.28. The van der Waals surface area contributed by atoms with Crippen molar-refractivity contribution in [1.29, 1.82) is 0 Å². The molecule has 0 aromatic carbocycles. The number of aromatic nitrogens is 2. The van der Waals surface area contributed by atoms with Crippen LogP contribution in [0.3, 0.4) is 0 Å². The van der Waals surface area contributed by atoms with Crippen molar-refractivity contribution in [2.45, 2.75) is 33.4 Å². The van der Waals surface area contributed by atoms with Crippen LogP contribution in [-0.2, 0) is 6.54 Å². The van der Waals surface area contributed by atoms with Crippen LogP contribution in [0.5, 0.6) is 0 Å². The highest BCUT2D eigenvalue weighted by atomic mass is 19.1. The molecule has 0 saturated carbocycles. The zero-order valence-corrected chi connectivity index (χ0v) is 11.3. The van der Waals surface area contributed by atoms with E-state index in [4.69, 9.17) is 0 Å². The van der Waals surface area contributed by atoms with Gasteiger partial charge in [0.1, 0.15) is 5.83 Å². The lowest BCUT2D eigenvalue weighted by Gasteiger charge is -2.27. The van der Waals surface area contributed by atoms with Crippen molar-refractivity contribution in [3.63, 3.8) is 0 Å².